The summed E-state index contributed by atoms with van der Waals surface area (Å²) in [6, 6.07) is 0. The van der Waals surface area contributed by atoms with Crippen LogP contribution < -0.4 is 4.89 Å². The van der Waals surface area contributed by atoms with Crippen molar-refractivity contribution in [2.24, 2.45) is 0 Å². The molecule has 1 N–H and O–H groups in total. The third-order valence-electron chi connectivity index (χ3n) is 12.7. The van der Waals surface area contributed by atoms with Crippen molar-refractivity contribution < 1.29 is 47.4 Å². The summed E-state index contributed by atoms with van der Waals surface area (Å²) in [7, 11) is 1.35. The van der Waals surface area contributed by atoms with Crippen LogP contribution in [0.2, 0.25) is 0 Å². The molecule has 0 aliphatic carbocycles. The van der Waals surface area contributed by atoms with E-state index >= 15 is 0 Å². The van der Waals surface area contributed by atoms with E-state index in [1.54, 1.807) is 0 Å². The molecule has 1 saturated heterocycles. The van der Waals surface area contributed by atoms with Gasteiger partial charge >= 0.3 is 17.9 Å². The highest BCUT2D eigenvalue weighted by Crippen LogP contribution is 2.55. The van der Waals surface area contributed by atoms with E-state index in [1.807, 2.05) is 0 Å². The summed E-state index contributed by atoms with van der Waals surface area (Å²) in [6.07, 6.45) is 37.7. The Kier molecular flexibility index (Phi) is 34.6. The summed E-state index contributed by atoms with van der Waals surface area (Å²) in [6.45, 7) is 4.52. The lowest BCUT2D eigenvalue weighted by atomic mass is 9.83. The minimum Gasteiger partial charge on any atom is -0.766 e. The molecule has 3 atom stereocenters. The minimum atomic E-state index is -4.83. The van der Waals surface area contributed by atoms with Crippen molar-refractivity contribution in [3.05, 3.63) is 0 Å². The van der Waals surface area contributed by atoms with Gasteiger partial charge in [0.2, 0.25) is 7.75 Å². The van der Waals surface area contributed by atoms with Crippen molar-refractivity contribution in [3.63, 3.8) is 0 Å². The molecular formula is C50H97N2O9P. The zero-order valence-corrected chi connectivity index (χ0v) is 41.8. The van der Waals surface area contributed by atoms with Crippen LogP contribution in [0.15, 0.2) is 0 Å². The number of esters is 2. The Bertz CT molecular complexity index is 1180. The quantitative estimate of drug-likeness (QED) is 0.0271. The van der Waals surface area contributed by atoms with Crippen LogP contribution in [0.4, 0.5) is 0 Å². The van der Waals surface area contributed by atoms with Crippen molar-refractivity contribution in [2.45, 2.75) is 257 Å². The second kappa shape index (κ2) is 36.7. The van der Waals surface area contributed by atoms with E-state index in [0.29, 0.717) is 19.3 Å². The van der Waals surface area contributed by atoms with Crippen LogP contribution in [-0.2, 0) is 32.9 Å². The Morgan fingerprint density at radius 1 is 0.597 bits per heavy atom. The highest BCUT2D eigenvalue weighted by atomic mass is 31.2. The van der Waals surface area contributed by atoms with Crippen LogP contribution in [0.1, 0.15) is 245 Å². The molecule has 0 aromatic carbocycles. The lowest BCUT2D eigenvalue weighted by Gasteiger charge is -2.54. The number of ether oxygens (including phenoxy) is 2. The average molecular weight is 901 g/mol. The molecule has 62 heavy (non-hydrogen) atoms. The Balaban J connectivity index is 2.52. The number of carboxylic acids is 1. The van der Waals surface area contributed by atoms with Gasteiger partial charge in [0.1, 0.15) is 12.1 Å². The van der Waals surface area contributed by atoms with Crippen molar-refractivity contribution >= 4 is 25.7 Å². The van der Waals surface area contributed by atoms with Crippen LogP contribution in [0.25, 0.3) is 0 Å². The number of hydrogen-bond acceptors (Lipinski definition) is 8. The van der Waals surface area contributed by atoms with E-state index in [-0.39, 0.29) is 38.8 Å². The lowest BCUT2D eigenvalue weighted by Crippen LogP contribution is -2.64. The monoisotopic (exact) mass is 901 g/mol. The first kappa shape index (κ1) is 58.5. The molecule has 11 nitrogen and oxygen atoms in total. The highest BCUT2D eigenvalue weighted by Gasteiger charge is 2.55. The first-order valence-corrected chi connectivity index (χ1v) is 27.4. The molecule has 1 rings (SSSR count). The predicted octanol–water partition coefficient (Wildman–Crippen LogP) is 12.9. The standard InChI is InChI=1S/C50H97N2O9P/c1-6-8-10-12-14-16-18-20-22-24-26-28-30-32-34-38-47(53)59-44-46(61-48(54)39-35-33-31-29-27-25-23-21-19-17-15-13-11-9-7-2)45-60-62(57,58)51-42-41-50(51,49(55)56)40-36-37-43-52(3,4)5/h46H,6-45H2,1-5H3,(H-,55,56,57,58)/t46-,50-/m1/s1. The molecular weight excluding hydrogens is 804 g/mol. The number of carbonyl (C=O) groups is 3. The second-order valence-electron chi connectivity index (χ2n) is 19.6. The molecule has 12 heteroatoms. The van der Waals surface area contributed by atoms with Gasteiger partial charge in [-0.25, -0.2) is 4.67 Å². The van der Waals surface area contributed by atoms with E-state index in [1.165, 1.54) is 141 Å². The van der Waals surface area contributed by atoms with Crippen molar-refractivity contribution in [2.75, 3.05) is 47.4 Å². The number of hydrogen-bond donors (Lipinski definition) is 1. The van der Waals surface area contributed by atoms with Crippen LogP contribution in [0.5, 0.6) is 0 Å². The molecule has 0 aromatic heterocycles. The highest BCUT2D eigenvalue weighted by molar-refractivity contribution is 7.48. The van der Waals surface area contributed by atoms with Gasteiger partial charge in [0.05, 0.1) is 34.3 Å². The molecule has 366 valence electrons. The number of unbranched alkanes of at least 4 members (excludes halogenated alkanes) is 29. The zero-order valence-electron chi connectivity index (χ0n) is 40.9. The first-order valence-electron chi connectivity index (χ1n) is 25.9. The van der Waals surface area contributed by atoms with E-state index < -0.39 is 43.9 Å². The fraction of sp³-hybridized carbons (Fsp3) is 0.940. The smallest absolute Gasteiger partial charge is 0.324 e. The number of carboxylic acid groups (broad SMARTS) is 1. The number of aliphatic carboxylic acids is 1. The van der Waals surface area contributed by atoms with Gasteiger partial charge in [-0.3, -0.25) is 18.9 Å². The van der Waals surface area contributed by atoms with Crippen molar-refractivity contribution in [3.8, 4) is 0 Å². The maximum absolute atomic E-state index is 13.5. The summed E-state index contributed by atoms with van der Waals surface area (Å²) in [5.41, 5.74) is -1.55. The molecule has 0 bridgehead atoms. The maximum atomic E-state index is 13.5. The molecule has 0 amide bonds. The fourth-order valence-corrected chi connectivity index (χ4v) is 10.2. The van der Waals surface area contributed by atoms with Gasteiger partial charge in [0.15, 0.2) is 6.10 Å². The molecule has 1 heterocycles. The van der Waals surface area contributed by atoms with Crippen LogP contribution in [0, 0.1) is 0 Å². The van der Waals surface area contributed by atoms with Crippen molar-refractivity contribution in [1.29, 1.82) is 0 Å². The first-order chi connectivity index (χ1) is 29.8. The second-order valence-corrected chi connectivity index (χ2v) is 21.3. The summed E-state index contributed by atoms with van der Waals surface area (Å²) >= 11 is 0. The minimum absolute atomic E-state index is 0.0420. The predicted molar refractivity (Wildman–Crippen MR) is 252 cm³/mol. The maximum Gasteiger partial charge on any atom is 0.324 e. The molecule has 1 fully saturated rings. The normalized spacial score (nSPS) is 17.1. The van der Waals surface area contributed by atoms with E-state index in [4.69, 9.17) is 14.0 Å². The summed E-state index contributed by atoms with van der Waals surface area (Å²) in [4.78, 5) is 51.6. The number of carbonyl (C=O) groups excluding carboxylic acids is 2. The van der Waals surface area contributed by atoms with Gasteiger partial charge in [0, 0.05) is 19.4 Å². The number of quaternary nitrogens is 1. The van der Waals surface area contributed by atoms with Gasteiger partial charge in [-0.1, -0.05) is 194 Å². The van der Waals surface area contributed by atoms with E-state index in [0.717, 1.165) is 60.6 Å². The molecule has 0 saturated carbocycles. The molecule has 1 aliphatic rings. The lowest BCUT2D eigenvalue weighted by molar-refractivity contribution is -0.870. The molecule has 0 aromatic rings. The topological polar surface area (TPSA) is 142 Å². The zero-order chi connectivity index (χ0) is 45.8. The Morgan fingerprint density at radius 3 is 1.34 bits per heavy atom. The van der Waals surface area contributed by atoms with Crippen molar-refractivity contribution in [1.82, 2.24) is 4.67 Å². The fourth-order valence-electron chi connectivity index (χ4n) is 8.57. The molecule has 0 radical (unpaired) electrons. The third kappa shape index (κ3) is 29.8. The largest absolute Gasteiger partial charge is 0.766 e. The summed E-state index contributed by atoms with van der Waals surface area (Å²) in [5, 5.41) is 10.2. The Labute approximate surface area is 380 Å². The van der Waals surface area contributed by atoms with E-state index in [9.17, 15) is 28.9 Å². The molecule has 0 spiro atoms. The Morgan fingerprint density at radius 2 is 0.984 bits per heavy atom. The van der Waals surface area contributed by atoms with E-state index in [2.05, 4.69) is 35.0 Å². The van der Waals surface area contributed by atoms with Gasteiger partial charge in [-0.2, -0.15) is 0 Å². The van der Waals surface area contributed by atoms with Gasteiger partial charge in [0.25, 0.3) is 0 Å². The summed E-state index contributed by atoms with van der Waals surface area (Å²) in [5.74, 6) is -2.10. The van der Waals surface area contributed by atoms with Gasteiger partial charge in [-0.05, 0) is 38.5 Å². The van der Waals surface area contributed by atoms with Crippen LogP contribution >= 0.6 is 7.75 Å². The molecule has 1 aliphatic heterocycles. The number of rotatable bonds is 45. The van der Waals surface area contributed by atoms with Gasteiger partial charge in [-0.15, -0.1) is 0 Å². The van der Waals surface area contributed by atoms with Crippen LogP contribution in [-0.4, -0.2) is 91.3 Å². The SMILES string of the molecule is CCCCCCCCCCCCCCCCCC(=O)OC[C@H](COP(=O)([O-])N1CC[C@]1(CCCC[N+](C)(C)C)C(=O)O)OC(=O)CCCCCCCCCCCCCCCCC. The average Bonchev–Trinajstić information content (AvgIpc) is 3.20. The van der Waals surface area contributed by atoms with Gasteiger partial charge < -0.3 is 28.5 Å². The summed E-state index contributed by atoms with van der Waals surface area (Å²) < 4.78 is 31.7. The number of nitrogens with zero attached hydrogens (tertiary/aromatic N) is 2. The van der Waals surface area contributed by atoms with Crippen LogP contribution in [0.3, 0.4) is 0 Å². The third-order valence-corrected chi connectivity index (χ3v) is 14.4. The Hall–Kier alpha value is -1.52. The molecule has 1 unspecified atom stereocenters.